The number of carboxylic acid groups (broad SMARTS) is 1. The van der Waals surface area contributed by atoms with Crippen LogP contribution >= 0.6 is 0 Å². The lowest BCUT2D eigenvalue weighted by Crippen LogP contribution is -2.35. The summed E-state index contributed by atoms with van der Waals surface area (Å²) in [5.41, 5.74) is 7.47. The van der Waals surface area contributed by atoms with Crippen LogP contribution in [-0.4, -0.2) is 42.2 Å². The largest absolute Gasteiger partial charge is 0.478 e. The van der Waals surface area contributed by atoms with Crippen LogP contribution in [0, 0.1) is 5.92 Å². The molecule has 1 aromatic carbocycles. The number of piperidine rings is 1. The number of hydrogen-bond donors (Lipinski definition) is 3. The zero-order valence-electron chi connectivity index (χ0n) is 11.9. The summed E-state index contributed by atoms with van der Waals surface area (Å²) in [5.74, 6) is -0.296. The lowest BCUT2D eigenvalue weighted by atomic mass is 9.96. The van der Waals surface area contributed by atoms with Crippen LogP contribution < -0.4 is 11.1 Å². The molecule has 1 aliphatic heterocycles. The Morgan fingerprint density at radius 2 is 2.15 bits per heavy atom. The molecular weight excluding hydrogens is 254 g/mol. The van der Waals surface area contributed by atoms with Gasteiger partial charge in [-0.1, -0.05) is 6.92 Å². The number of rotatable bonds is 5. The van der Waals surface area contributed by atoms with Gasteiger partial charge in [-0.2, -0.15) is 0 Å². The molecule has 0 bridgehead atoms. The normalized spacial score (nSPS) is 17.1. The molecule has 5 nitrogen and oxygen atoms in total. The number of aromatic carboxylic acids is 1. The molecule has 110 valence electrons. The number of carbonyl (C=O) groups is 1. The third-order valence-electron chi connectivity index (χ3n) is 4.04. The standard InChI is InChI=1S/C15H23N3O2/c1-2-18-7-5-11(6-8-18)10-17-14-9-12(15(19)20)3-4-13(14)16/h3-4,9,11,17H,2,5-8,10,16H2,1H3,(H,19,20). The molecule has 4 N–H and O–H groups in total. The molecular formula is C15H23N3O2. The highest BCUT2D eigenvalue weighted by atomic mass is 16.4. The fourth-order valence-electron chi connectivity index (χ4n) is 2.60. The molecule has 1 aromatic rings. The third kappa shape index (κ3) is 3.63. The van der Waals surface area contributed by atoms with E-state index in [2.05, 4.69) is 17.1 Å². The van der Waals surface area contributed by atoms with Crippen molar-refractivity contribution >= 4 is 17.3 Å². The Balaban J connectivity index is 1.91. The van der Waals surface area contributed by atoms with Gasteiger partial charge in [0, 0.05) is 6.54 Å². The topological polar surface area (TPSA) is 78.6 Å². The monoisotopic (exact) mass is 277 g/mol. The maximum absolute atomic E-state index is 11.0. The number of hydrogen-bond acceptors (Lipinski definition) is 4. The average molecular weight is 277 g/mol. The van der Waals surface area contributed by atoms with E-state index in [4.69, 9.17) is 10.8 Å². The van der Waals surface area contributed by atoms with E-state index in [9.17, 15) is 4.79 Å². The minimum absolute atomic E-state index is 0.266. The van der Waals surface area contributed by atoms with Crippen molar-refractivity contribution in [1.29, 1.82) is 0 Å². The summed E-state index contributed by atoms with van der Waals surface area (Å²) in [7, 11) is 0. The van der Waals surface area contributed by atoms with Gasteiger partial charge in [0.1, 0.15) is 0 Å². The van der Waals surface area contributed by atoms with Crippen molar-refractivity contribution in [1.82, 2.24) is 4.90 Å². The van der Waals surface area contributed by atoms with Crippen LogP contribution in [-0.2, 0) is 0 Å². The second kappa shape index (κ2) is 6.61. The molecule has 1 aliphatic rings. The van der Waals surface area contributed by atoms with E-state index in [-0.39, 0.29) is 5.56 Å². The first-order valence-electron chi connectivity index (χ1n) is 7.19. The first-order valence-corrected chi connectivity index (χ1v) is 7.19. The van der Waals surface area contributed by atoms with Crippen molar-refractivity contribution in [3.05, 3.63) is 23.8 Å². The maximum Gasteiger partial charge on any atom is 0.335 e. The number of benzene rings is 1. The minimum Gasteiger partial charge on any atom is -0.478 e. The van der Waals surface area contributed by atoms with Crippen molar-refractivity contribution in [3.8, 4) is 0 Å². The summed E-state index contributed by atoms with van der Waals surface area (Å²) in [6.45, 7) is 6.45. The van der Waals surface area contributed by atoms with E-state index >= 15 is 0 Å². The van der Waals surface area contributed by atoms with Crippen molar-refractivity contribution < 1.29 is 9.90 Å². The van der Waals surface area contributed by atoms with Crippen LogP contribution in [0.3, 0.4) is 0 Å². The minimum atomic E-state index is -0.927. The zero-order chi connectivity index (χ0) is 14.5. The van der Waals surface area contributed by atoms with Gasteiger partial charge < -0.3 is 21.1 Å². The summed E-state index contributed by atoms with van der Waals surface area (Å²) < 4.78 is 0. The van der Waals surface area contributed by atoms with E-state index < -0.39 is 5.97 Å². The van der Waals surface area contributed by atoms with E-state index in [1.807, 2.05) is 0 Å². The Hall–Kier alpha value is -1.75. The Morgan fingerprint density at radius 3 is 2.75 bits per heavy atom. The molecule has 0 aliphatic carbocycles. The summed E-state index contributed by atoms with van der Waals surface area (Å²) in [6.07, 6.45) is 2.36. The molecule has 1 fully saturated rings. The number of carboxylic acids is 1. The van der Waals surface area contributed by atoms with E-state index in [0.29, 0.717) is 11.6 Å². The average Bonchev–Trinajstić information content (AvgIpc) is 2.46. The van der Waals surface area contributed by atoms with Gasteiger partial charge in [0.2, 0.25) is 0 Å². The first kappa shape index (κ1) is 14.7. The van der Waals surface area contributed by atoms with Crippen molar-refractivity contribution in [2.75, 3.05) is 37.2 Å². The summed E-state index contributed by atoms with van der Waals surface area (Å²) >= 11 is 0. The molecule has 0 saturated carbocycles. The van der Waals surface area contributed by atoms with Crippen molar-refractivity contribution in [2.45, 2.75) is 19.8 Å². The quantitative estimate of drug-likeness (QED) is 0.718. The highest BCUT2D eigenvalue weighted by Gasteiger charge is 2.18. The fourth-order valence-corrected chi connectivity index (χ4v) is 2.60. The molecule has 20 heavy (non-hydrogen) atoms. The van der Waals surface area contributed by atoms with Crippen LogP contribution in [0.1, 0.15) is 30.1 Å². The van der Waals surface area contributed by atoms with Gasteiger partial charge in [0.15, 0.2) is 0 Å². The van der Waals surface area contributed by atoms with Crippen LogP contribution in [0.25, 0.3) is 0 Å². The Labute approximate surface area is 119 Å². The molecule has 1 heterocycles. The van der Waals surface area contributed by atoms with Gasteiger partial charge in [-0.05, 0) is 56.6 Å². The van der Waals surface area contributed by atoms with Crippen LogP contribution in [0.5, 0.6) is 0 Å². The molecule has 0 spiro atoms. The zero-order valence-corrected chi connectivity index (χ0v) is 11.9. The highest BCUT2D eigenvalue weighted by molar-refractivity contribution is 5.90. The van der Waals surface area contributed by atoms with E-state index in [1.54, 1.807) is 12.1 Å². The molecule has 1 saturated heterocycles. The number of nitrogens with zero attached hydrogens (tertiary/aromatic N) is 1. The van der Waals surface area contributed by atoms with Gasteiger partial charge in [-0.3, -0.25) is 0 Å². The molecule has 2 rings (SSSR count). The Bertz CT molecular complexity index is 468. The Kier molecular flexibility index (Phi) is 4.84. The SMILES string of the molecule is CCN1CCC(CNc2cc(C(=O)O)ccc2N)CC1. The lowest BCUT2D eigenvalue weighted by Gasteiger charge is -2.31. The van der Waals surface area contributed by atoms with Gasteiger partial charge in [0.25, 0.3) is 0 Å². The summed E-state index contributed by atoms with van der Waals surface area (Å²) in [4.78, 5) is 13.4. The van der Waals surface area contributed by atoms with Gasteiger partial charge in [0.05, 0.1) is 16.9 Å². The smallest absolute Gasteiger partial charge is 0.335 e. The molecule has 0 amide bonds. The van der Waals surface area contributed by atoms with Crippen LogP contribution in [0.4, 0.5) is 11.4 Å². The first-order chi connectivity index (χ1) is 9.60. The van der Waals surface area contributed by atoms with Crippen LogP contribution in [0.2, 0.25) is 0 Å². The fraction of sp³-hybridized carbons (Fsp3) is 0.533. The Morgan fingerprint density at radius 1 is 1.45 bits per heavy atom. The number of nitrogens with one attached hydrogen (secondary N) is 1. The number of nitrogens with two attached hydrogens (primary N) is 1. The van der Waals surface area contributed by atoms with E-state index in [1.165, 1.54) is 18.9 Å². The summed E-state index contributed by atoms with van der Waals surface area (Å²) in [5, 5.41) is 12.3. The molecule has 0 unspecified atom stereocenters. The molecule has 0 atom stereocenters. The molecule has 5 heteroatoms. The van der Waals surface area contributed by atoms with Crippen LogP contribution in [0.15, 0.2) is 18.2 Å². The lowest BCUT2D eigenvalue weighted by molar-refractivity contribution is 0.0697. The van der Waals surface area contributed by atoms with Gasteiger partial charge in [-0.15, -0.1) is 0 Å². The third-order valence-corrected chi connectivity index (χ3v) is 4.04. The number of nitrogen functional groups attached to an aromatic ring is 1. The summed E-state index contributed by atoms with van der Waals surface area (Å²) in [6, 6.07) is 4.78. The second-order valence-corrected chi connectivity index (χ2v) is 5.37. The number of likely N-dealkylation sites (tertiary alicyclic amines) is 1. The highest BCUT2D eigenvalue weighted by Crippen LogP contribution is 2.23. The van der Waals surface area contributed by atoms with E-state index in [0.717, 1.165) is 31.9 Å². The predicted molar refractivity (Wildman–Crippen MR) is 81.1 cm³/mol. The number of anilines is 2. The predicted octanol–water partition coefficient (Wildman–Crippen LogP) is 2.11. The molecule has 0 radical (unpaired) electrons. The van der Waals surface area contributed by atoms with Gasteiger partial charge in [-0.25, -0.2) is 4.79 Å². The van der Waals surface area contributed by atoms with Gasteiger partial charge >= 0.3 is 5.97 Å². The van der Waals surface area contributed by atoms with Crippen molar-refractivity contribution in [3.63, 3.8) is 0 Å². The molecule has 0 aromatic heterocycles. The second-order valence-electron chi connectivity index (χ2n) is 5.37. The maximum atomic E-state index is 11.0. The van der Waals surface area contributed by atoms with Crippen molar-refractivity contribution in [2.24, 2.45) is 5.92 Å².